The molecule has 1 aromatic heterocycles. The summed E-state index contributed by atoms with van der Waals surface area (Å²) in [5.74, 6) is 2.73. The van der Waals surface area contributed by atoms with Gasteiger partial charge in [0.1, 0.15) is 17.5 Å². The highest BCUT2D eigenvalue weighted by atomic mass is 15.2. The van der Waals surface area contributed by atoms with Gasteiger partial charge < -0.3 is 15.1 Å². The average molecular weight is 325 g/mol. The molecule has 0 radical (unpaired) electrons. The number of fused-ring (bicyclic) bond motifs is 1. The molecule has 0 spiro atoms. The first-order valence-corrected chi connectivity index (χ1v) is 8.60. The zero-order valence-corrected chi connectivity index (χ0v) is 15.1. The van der Waals surface area contributed by atoms with E-state index in [2.05, 4.69) is 76.4 Å². The highest BCUT2D eigenvalue weighted by molar-refractivity contribution is 5.52. The van der Waals surface area contributed by atoms with E-state index in [0.717, 1.165) is 43.5 Å². The molecule has 2 heterocycles. The summed E-state index contributed by atoms with van der Waals surface area (Å²) >= 11 is 0. The molecule has 0 bridgehead atoms. The lowest BCUT2D eigenvalue weighted by molar-refractivity contribution is 0.425. The molecule has 0 unspecified atom stereocenters. The first-order valence-electron chi connectivity index (χ1n) is 8.60. The van der Waals surface area contributed by atoms with E-state index < -0.39 is 0 Å². The average Bonchev–Trinajstić information content (AvgIpc) is 2.53. The van der Waals surface area contributed by atoms with Crippen molar-refractivity contribution in [3.8, 4) is 0 Å². The third-order valence-corrected chi connectivity index (χ3v) is 4.49. The minimum atomic E-state index is 0.434. The summed E-state index contributed by atoms with van der Waals surface area (Å²) in [7, 11) is 4.15. The maximum atomic E-state index is 4.69. The number of anilines is 2. The predicted molar refractivity (Wildman–Crippen MR) is 99.6 cm³/mol. The quantitative estimate of drug-likeness (QED) is 0.916. The number of rotatable bonds is 5. The molecule has 1 N–H and O–H groups in total. The van der Waals surface area contributed by atoms with Gasteiger partial charge in [0.15, 0.2) is 0 Å². The second kappa shape index (κ2) is 7.18. The van der Waals surface area contributed by atoms with Crippen LogP contribution in [0.2, 0.25) is 0 Å². The summed E-state index contributed by atoms with van der Waals surface area (Å²) in [5, 5.41) is 3.41. The normalized spacial score (nSPS) is 17.0. The number of nitrogens with one attached hydrogen (secondary N) is 1. The smallest absolute Gasteiger partial charge is 0.134 e. The molecule has 0 saturated heterocycles. The molecule has 1 aliphatic rings. The van der Waals surface area contributed by atoms with Gasteiger partial charge in [-0.2, -0.15) is 0 Å². The Hall–Kier alpha value is -2.14. The van der Waals surface area contributed by atoms with Crippen molar-refractivity contribution in [2.45, 2.75) is 32.9 Å². The van der Waals surface area contributed by atoms with E-state index in [1.807, 2.05) is 6.92 Å². The standard InChI is InChI=1S/C19H27N5/c1-14-11-16-7-5-6-8-17(16)13-24(14)19-12-18(21-15(2)22-19)20-9-10-23(3)4/h5-8,12,14H,9-11,13H2,1-4H3,(H,20,21,22)/t14-/m1/s1. The molecule has 24 heavy (non-hydrogen) atoms. The number of benzene rings is 1. The molecular weight excluding hydrogens is 298 g/mol. The molecule has 5 nitrogen and oxygen atoms in total. The predicted octanol–water partition coefficient (Wildman–Crippen LogP) is 2.71. The van der Waals surface area contributed by atoms with Crippen LogP contribution in [0.1, 0.15) is 23.9 Å². The van der Waals surface area contributed by atoms with Crippen molar-refractivity contribution in [1.82, 2.24) is 14.9 Å². The number of aromatic nitrogens is 2. The van der Waals surface area contributed by atoms with Crippen molar-refractivity contribution in [3.63, 3.8) is 0 Å². The second-order valence-corrected chi connectivity index (χ2v) is 6.84. The molecule has 0 saturated carbocycles. The molecule has 1 aromatic carbocycles. The molecule has 0 fully saturated rings. The number of hydrogen-bond donors (Lipinski definition) is 1. The third kappa shape index (κ3) is 3.85. The largest absolute Gasteiger partial charge is 0.369 e. The molecular formula is C19H27N5. The van der Waals surface area contributed by atoms with E-state index in [-0.39, 0.29) is 0 Å². The Balaban J connectivity index is 1.80. The van der Waals surface area contributed by atoms with Crippen molar-refractivity contribution in [2.75, 3.05) is 37.4 Å². The van der Waals surface area contributed by atoms with Crippen LogP contribution in [-0.2, 0) is 13.0 Å². The maximum absolute atomic E-state index is 4.69. The lowest BCUT2D eigenvalue weighted by Crippen LogP contribution is -2.39. The molecule has 128 valence electrons. The van der Waals surface area contributed by atoms with Crippen LogP contribution in [0.5, 0.6) is 0 Å². The highest BCUT2D eigenvalue weighted by Crippen LogP contribution is 2.28. The Kier molecular flexibility index (Phi) is 5.00. The van der Waals surface area contributed by atoms with Crippen LogP contribution in [0.4, 0.5) is 11.6 Å². The fraction of sp³-hybridized carbons (Fsp3) is 0.474. The molecule has 0 aliphatic carbocycles. The first-order chi connectivity index (χ1) is 11.5. The second-order valence-electron chi connectivity index (χ2n) is 6.84. The highest BCUT2D eigenvalue weighted by Gasteiger charge is 2.24. The lowest BCUT2D eigenvalue weighted by atomic mass is 9.95. The summed E-state index contributed by atoms with van der Waals surface area (Å²) in [4.78, 5) is 13.8. The lowest BCUT2D eigenvalue weighted by Gasteiger charge is -2.36. The Morgan fingerprint density at radius 1 is 1.21 bits per heavy atom. The summed E-state index contributed by atoms with van der Waals surface area (Å²) in [5.41, 5.74) is 2.85. The SMILES string of the molecule is Cc1nc(NCCN(C)C)cc(N2Cc3ccccc3C[C@H]2C)n1. The number of hydrogen-bond acceptors (Lipinski definition) is 5. The van der Waals surface area contributed by atoms with Gasteiger partial charge in [-0.1, -0.05) is 24.3 Å². The van der Waals surface area contributed by atoms with Gasteiger partial charge in [-0.05, 0) is 45.5 Å². The van der Waals surface area contributed by atoms with Crippen molar-refractivity contribution in [1.29, 1.82) is 0 Å². The zero-order chi connectivity index (χ0) is 17.1. The number of nitrogens with zero attached hydrogens (tertiary/aromatic N) is 4. The van der Waals surface area contributed by atoms with Crippen molar-refractivity contribution >= 4 is 11.6 Å². The van der Waals surface area contributed by atoms with E-state index in [4.69, 9.17) is 0 Å². The van der Waals surface area contributed by atoms with Crippen molar-refractivity contribution in [3.05, 3.63) is 47.3 Å². The number of aryl methyl sites for hydroxylation is 1. The van der Waals surface area contributed by atoms with Crippen LogP contribution in [-0.4, -0.2) is 48.1 Å². The fourth-order valence-electron chi connectivity index (χ4n) is 3.18. The summed E-state index contributed by atoms with van der Waals surface area (Å²) in [6.45, 7) is 6.99. The van der Waals surface area contributed by atoms with Gasteiger partial charge in [-0.3, -0.25) is 0 Å². The molecule has 2 aromatic rings. The molecule has 3 rings (SSSR count). The van der Waals surface area contributed by atoms with Gasteiger partial charge in [0, 0.05) is 31.7 Å². The topological polar surface area (TPSA) is 44.3 Å². The van der Waals surface area contributed by atoms with Crippen LogP contribution >= 0.6 is 0 Å². The van der Waals surface area contributed by atoms with Gasteiger partial charge in [-0.25, -0.2) is 9.97 Å². The van der Waals surface area contributed by atoms with Crippen LogP contribution in [0.15, 0.2) is 30.3 Å². The summed E-state index contributed by atoms with van der Waals surface area (Å²) in [6.07, 6.45) is 1.06. The third-order valence-electron chi connectivity index (χ3n) is 4.49. The molecule has 0 amide bonds. The Bertz CT molecular complexity index is 698. The fourth-order valence-corrected chi connectivity index (χ4v) is 3.18. The van der Waals surface area contributed by atoms with Gasteiger partial charge >= 0.3 is 0 Å². The van der Waals surface area contributed by atoms with E-state index in [9.17, 15) is 0 Å². The van der Waals surface area contributed by atoms with Gasteiger partial charge in [0.05, 0.1) is 0 Å². The maximum Gasteiger partial charge on any atom is 0.134 e. The monoisotopic (exact) mass is 325 g/mol. The van der Waals surface area contributed by atoms with Crippen LogP contribution in [0.3, 0.4) is 0 Å². The molecule has 1 atom stereocenters. The Morgan fingerprint density at radius 2 is 1.96 bits per heavy atom. The van der Waals surface area contributed by atoms with E-state index in [1.165, 1.54) is 11.1 Å². The van der Waals surface area contributed by atoms with Crippen LogP contribution in [0, 0.1) is 6.92 Å². The van der Waals surface area contributed by atoms with E-state index in [1.54, 1.807) is 0 Å². The van der Waals surface area contributed by atoms with Crippen molar-refractivity contribution < 1.29 is 0 Å². The van der Waals surface area contributed by atoms with Gasteiger partial charge in [0.25, 0.3) is 0 Å². The first kappa shape index (κ1) is 16.7. The van der Waals surface area contributed by atoms with E-state index >= 15 is 0 Å². The van der Waals surface area contributed by atoms with Crippen LogP contribution in [0.25, 0.3) is 0 Å². The minimum absolute atomic E-state index is 0.434. The van der Waals surface area contributed by atoms with Crippen molar-refractivity contribution in [2.24, 2.45) is 0 Å². The van der Waals surface area contributed by atoms with Gasteiger partial charge in [-0.15, -0.1) is 0 Å². The zero-order valence-electron chi connectivity index (χ0n) is 15.1. The van der Waals surface area contributed by atoms with E-state index in [0.29, 0.717) is 6.04 Å². The molecule has 1 aliphatic heterocycles. The number of likely N-dealkylation sites (N-methyl/N-ethyl adjacent to an activating group) is 1. The van der Waals surface area contributed by atoms with Gasteiger partial charge in [0.2, 0.25) is 0 Å². The summed E-state index contributed by atoms with van der Waals surface area (Å²) < 4.78 is 0. The Morgan fingerprint density at radius 3 is 2.71 bits per heavy atom. The van der Waals surface area contributed by atoms with Crippen LogP contribution < -0.4 is 10.2 Å². The summed E-state index contributed by atoms with van der Waals surface area (Å²) in [6, 6.07) is 11.2. The minimum Gasteiger partial charge on any atom is -0.369 e. The molecule has 5 heteroatoms. The Labute approximate surface area is 144 Å².